The molecule has 0 radical (unpaired) electrons. The van der Waals surface area contributed by atoms with E-state index in [1.807, 2.05) is 6.07 Å². The second-order valence-electron chi connectivity index (χ2n) is 4.85. The lowest BCUT2D eigenvalue weighted by Gasteiger charge is -2.10. The molecule has 2 aromatic carbocycles. The molecule has 0 saturated heterocycles. The van der Waals surface area contributed by atoms with Crippen LogP contribution in [0, 0.1) is 11.3 Å². The second-order valence-corrected chi connectivity index (χ2v) is 5.73. The Labute approximate surface area is 155 Å². The molecule has 0 aromatic heterocycles. The summed E-state index contributed by atoms with van der Waals surface area (Å²) in [6, 6.07) is 11.6. The van der Waals surface area contributed by atoms with Crippen LogP contribution in [0.25, 0.3) is 6.08 Å². The number of amides is 1. The van der Waals surface area contributed by atoms with E-state index in [1.54, 1.807) is 30.3 Å². The first-order chi connectivity index (χ1) is 12.0. The van der Waals surface area contributed by atoms with Gasteiger partial charge in [0.2, 0.25) is 0 Å². The molecule has 0 unspecified atom stereocenters. The summed E-state index contributed by atoms with van der Waals surface area (Å²) in [5, 5.41) is 12.8. The zero-order chi connectivity index (χ0) is 18.4. The van der Waals surface area contributed by atoms with E-state index in [-0.39, 0.29) is 5.57 Å². The number of methoxy groups -OCH3 is 2. The number of nitriles is 1. The maximum absolute atomic E-state index is 12.4. The van der Waals surface area contributed by atoms with Gasteiger partial charge in [-0.2, -0.15) is 5.26 Å². The maximum Gasteiger partial charge on any atom is 0.266 e. The zero-order valence-corrected chi connectivity index (χ0v) is 15.0. The molecular formula is C18H14Cl2N2O3. The number of anilines is 1. The Kier molecular flexibility index (Phi) is 6.29. The van der Waals surface area contributed by atoms with Crippen molar-refractivity contribution in [2.45, 2.75) is 0 Å². The van der Waals surface area contributed by atoms with Gasteiger partial charge in [-0.25, -0.2) is 0 Å². The van der Waals surface area contributed by atoms with Gasteiger partial charge in [0.05, 0.1) is 19.9 Å². The van der Waals surface area contributed by atoms with Crippen LogP contribution >= 0.6 is 23.2 Å². The van der Waals surface area contributed by atoms with Crippen LogP contribution in [0.3, 0.4) is 0 Å². The van der Waals surface area contributed by atoms with Crippen LogP contribution in [-0.4, -0.2) is 20.1 Å². The average Bonchev–Trinajstić information content (AvgIpc) is 2.60. The lowest BCUT2D eigenvalue weighted by molar-refractivity contribution is -0.112. The maximum atomic E-state index is 12.4. The molecule has 0 atom stereocenters. The van der Waals surface area contributed by atoms with Crippen molar-refractivity contribution in [1.82, 2.24) is 0 Å². The lowest BCUT2D eigenvalue weighted by atomic mass is 10.1. The largest absolute Gasteiger partial charge is 0.496 e. The molecule has 0 bridgehead atoms. The third-order valence-corrected chi connectivity index (χ3v) is 3.74. The fourth-order valence-corrected chi connectivity index (χ4v) is 2.44. The van der Waals surface area contributed by atoms with Gasteiger partial charge >= 0.3 is 0 Å². The average molecular weight is 377 g/mol. The minimum absolute atomic E-state index is 0.123. The predicted molar refractivity (Wildman–Crippen MR) is 98.2 cm³/mol. The van der Waals surface area contributed by atoms with E-state index in [9.17, 15) is 10.1 Å². The van der Waals surface area contributed by atoms with Gasteiger partial charge in [-0.15, -0.1) is 0 Å². The van der Waals surface area contributed by atoms with Crippen molar-refractivity contribution >= 4 is 40.9 Å². The highest BCUT2D eigenvalue weighted by atomic mass is 35.5. The summed E-state index contributed by atoms with van der Waals surface area (Å²) in [5.74, 6) is 0.311. The van der Waals surface area contributed by atoms with Crippen LogP contribution in [-0.2, 0) is 4.79 Å². The fourth-order valence-electron chi connectivity index (χ4n) is 2.09. The highest BCUT2D eigenvalue weighted by molar-refractivity contribution is 6.31. The number of hydrogen-bond acceptors (Lipinski definition) is 4. The summed E-state index contributed by atoms with van der Waals surface area (Å²) in [5.41, 5.74) is 0.751. The molecule has 1 amide bonds. The Balaban J connectivity index is 2.36. The molecule has 128 valence electrons. The van der Waals surface area contributed by atoms with Crippen LogP contribution in [0.2, 0.25) is 10.0 Å². The van der Waals surface area contributed by atoms with Crippen molar-refractivity contribution in [3.05, 3.63) is 57.6 Å². The molecule has 0 aliphatic carbocycles. The minimum Gasteiger partial charge on any atom is -0.496 e. The van der Waals surface area contributed by atoms with Crippen LogP contribution in [0.5, 0.6) is 11.5 Å². The Morgan fingerprint density at radius 3 is 2.28 bits per heavy atom. The van der Waals surface area contributed by atoms with E-state index in [0.717, 1.165) is 0 Å². The third-order valence-electron chi connectivity index (χ3n) is 3.27. The smallest absolute Gasteiger partial charge is 0.266 e. The molecular weight excluding hydrogens is 363 g/mol. The minimum atomic E-state index is -0.606. The summed E-state index contributed by atoms with van der Waals surface area (Å²) < 4.78 is 10.4. The van der Waals surface area contributed by atoms with Gasteiger partial charge in [-0.05, 0) is 42.5 Å². The Morgan fingerprint density at radius 1 is 1.08 bits per heavy atom. The van der Waals surface area contributed by atoms with E-state index in [2.05, 4.69) is 5.32 Å². The first-order valence-corrected chi connectivity index (χ1v) is 7.84. The topological polar surface area (TPSA) is 71.3 Å². The van der Waals surface area contributed by atoms with E-state index in [1.165, 1.54) is 26.4 Å². The number of carbonyl (C=O) groups excluding carboxylic acids is 1. The summed E-state index contributed by atoms with van der Waals surface area (Å²) in [6.07, 6.45) is 1.40. The number of hydrogen-bond donors (Lipinski definition) is 1. The molecule has 1 N–H and O–H groups in total. The molecule has 0 aliphatic heterocycles. The molecule has 0 spiro atoms. The van der Waals surface area contributed by atoms with Gasteiger partial charge in [-0.3, -0.25) is 4.79 Å². The van der Waals surface area contributed by atoms with Crippen molar-refractivity contribution in [2.75, 3.05) is 19.5 Å². The molecule has 0 fully saturated rings. The number of ether oxygens (including phenoxy) is 2. The predicted octanol–water partition coefficient (Wildman–Crippen LogP) is 4.56. The number of rotatable bonds is 5. The summed E-state index contributed by atoms with van der Waals surface area (Å²) in [4.78, 5) is 12.4. The first kappa shape index (κ1) is 18.7. The summed E-state index contributed by atoms with van der Waals surface area (Å²) in [6.45, 7) is 0. The number of nitrogens with zero attached hydrogens (tertiary/aromatic N) is 1. The Hall–Kier alpha value is -2.68. The van der Waals surface area contributed by atoms with Crippen LogP contribution in [0.15, 0.2) is 42.0 Å². The Bertz CT molecular complexity index is 873. The van der Waals surface area contributed by atoms with Gasteiger partial charge in [0, 0.05) is 15.6 Å². The first-order valence-electron chi connectivity index (χ1n) is 7.08. The van der Waals surface area contributed by atoms with E-state index in [0.29, 0.717) is 32.8 Å². The van der Waals surface area contributed by atoms with Crippen molar-refractivity contribution in [1.29, 1.82) is 5.26 Å². The van der Waals surface area contributed by atoms with E-state index < -0.39 is 5.91 Å². The second kappa shape index (κ2) is 8.43. The van der Waals surface area contributed by atoms with E-state index in [4.69, 9.17) is 32.7 Å². The van der Waals surface area contributed by atoms with Gasteiger partial charge in [0.25, 0.3) is 5.91 Å². The van der Waals surface area contributed by atoms with Gasteiger partial charge in [0.15, 0.2) is 0 Å². The molecule has 0 aliphatic rings. The normalized spacial score (nSPS) is 10.8. The monoisotopic (exact) mass is 376 g/mol. The number of benzene rings is 2. The molecule has 2 aromatic rings. The molecule has 7 heteroatoms. The van der Waals surface area contributed by atoms with Crippen molar-refractivity contribution in [3.8, 4) is 17.6 Å². The zero-order valence-electron chi connectivity index (χ0n) is 13.5. The third kappa shape index (κ3) is 4.66. The molecule has 2 rings (SSSR count). The Morgan fingerprint density at radius 2 is 1.68 bits per heavy atom. The van der Waals surface area contributed by atoms with Gasteiger partial charge in [-0.1, -0.05) is 23.2 Å². The number of carbonyl (C=O) groups is 1. The summed E-state index contributed by atoms with van der Waals surface area (Å²) >= 11 is 11.9. The molecule has 0 saturated carbocycles. The standard InChI is InChI=1S/C18H14Cl2N2O3/c1-24-16-5-3-13(19)8-11(16)7-12(10-21)18(23)22-15-9-14(20)4-6-17(15)25-2/h3-9H,1-2H3,(H,22,23)/b12-7+. The number of nitrogens with one attached hydrogen (secondary N) is 1. The van der Waals surface area contributed by atoms with Crippen molar-refractivity contribution in [3.63, 3.8) is 0 Å². The molecule has 5 nitrogen and oxygen atoms in total. The van der Waals surface area contributed by atoms with Crippen LogP contribution in [0.1, 0.15) is 5.56 Å². The highest BCUT2D eigenvalue weighted by Crippen LogP contribution is 2.29. The van der Waals surface area contributed by atoms with Crippen LogP contribution in [0.4, 0.5) is 5.69 Å². The van der Waals surface area contributed by atoms with Crippen LogP contribution < -0.4 is 14.8 Å². The quantitative estimate of drug-likeness (QED) is 0.613. The lowest BCUT2D eigenvalue weighted by Crippen LogP contribution is -2.14. The van der Waals surface area contributed by atoms with Gasteiger partial charge in [0.1, 0.15) is 23.1 Å². The number of halogens is 2. The van der Waals surface area contributed by atoms with E-state index >= 15 is 0 Å². The SMILES string of the molecule is COc1ccc(Cl)cc1/C=C(\C#N)C(=O)Nc1cc(Cl)ccc1OC. The molecule has 25 heavy (non-hydrogen) atoms. The highest BCUT2D eigenvalue weighted by Gasteiger charge is 2.14. The fraction of sp³-hybridized carbons (Fsp3) is 0.111. The van der Waals surface area contributed by atoms with Crippen molar-refractivity contribution in [2.24, 2.45) is 0 Å². The van der Waals surface area contributed by atoms with Crippen molar-refractivity contribution < 1.29 is 14.3 Å². The molecule has 0 heterocycles. The van der Waals surface area contributed by atoms with Gasteiger partial charge < -0.3 is 14.8 Å². The summed E-state index contributed by atoms with van der Waals surface area (Å²) in [7, 11) is 2.96.